The summed E-state index contributed by atoms with van der Waals surface area (Å²) in [6.45, 7) is 2.91. The molecule has 21 heavy (non-hydrogen) atoms. The summed E-state index contributed by atoms with van der Waals surface area (Å²) in [7, 11) is 2.13. The largest absolute Gasteiger partial charge is 0.489 e. The molecule has 1 fully saturated rings. The van der Waals surface area contributed by atoms with E-state index in [2.05, 4.69) is 17.3 Å². The number of likely N-dealkylation sites (tertiary alicyclic amines) is 1. The van der Waals surface area contributed by atoms with Gasteiger partial charge in [0, 0.05) is 12.6 Å². The van der Waals surface area contributed by atoms with Crippen molar-refractivity contribution in [3.8, 4) is 5.75 Å². The van der Waals surface area contributed by atoms with Gasteiger partial charge in [-0.05, 0) is 45.1 Å². The summed E-state index contributed by atoms with van der Waals surface area (Å²) in [6.07, 6.45) is 1.66. The molecule has 2 rings (SSSR count). The van der Waals surface area contributed by atoms with E-state index in [1.807, 2.05) is 0 Å². The van der Waals surface area contributed by atoms with Crippen LogP contribution in [0, 0.1) is 0 Å². The lowest BCUT2D eigenvalue weighted by molar-refractivity contribution is 0.0996. The lowest BCUT2D eigenvalue weighted by Gasteiger charge is -2.30. The molecule has 6 heteroatoms. The predicted molar refractivity (Wildman–Crippen MR) is 86.5 cm³/mol. The third-order valence-electron chi connectivity index (χ3n) is 3.71. The van der Waals surface area contributed by atoms with Crippen LogP contribution in [-0.4, -0.2) is 55.4 Å². The van der Waals surface area contributed by atoms with E-state index in [1.165, 1.54) is 0 Å². The first-order valence-corrected chi connectivity index (χ1v) is 7.98. The summed E-state index contributed by atoms with van der Waals surface area (Å²) >= 11 is 11.9. The fourth-order valence-electron chi connectivity index (χ4n) is 2.36. The molecule has 1 aromatic carbocycles. The minimum atomic E-state index is -0.570. The molecule has 1 aliphatic rings. The maximum Gasteiger partial charge on any atom is 0.139 e. The first kappa shape index (κ1) is 16.8. The number of halogens is 2. The quantitative estimate of drug-likeness (QED) is 0.839. The summed E-state index contributed by atoms with van der Waals surface area (Å²) < 4.78 is 5.52. The van der Waals surface area contributed by atoms with Crippen LogP contribution in [-0.2, 0) is 0 Å². The van der Waals surface area contributed by atoms with Gasteiger partial charge in [-0.2, -0.15) is 0 Å². The molecule has 1 unspecified atom stereocenters. The molecule has 0 aromatic heterocycles. The van der Waals surface area contributed by atoms with Gasteiger partial charge in [0.25, 0.3) is 0 Å². The van der Waals surface area contributed by atoms with Gasteiger partial charge in [0.1, 0.15) is 23.5 Å². The minimum Gasteiger partial charge on any atom is -0.489 e. The van der Waals surface area contributed by atoms with E-state index in [9.17, 15) is 5.11 Å². The number of piperidine rings is 1. The summed E-state index contributed by atoms with van der Waals surface area (Å²) in [4.78, 5) is 2.32. The van der Waals surface area contributed by atoms with Gasteiger partial charge in [-0.3, -0.25) is 0 Å². The van der Waals surface area contributed by atoms with Gasteiger partial charge in [0.05, 0.1) is 5.02 Å². The Balaban J connectivity index is 1.70. The number of nitrogens with zero attached hydrogens (tertiary/aromatic N) is 1. The number of hydrogen-bond acceptors (Lipinski definition) is 4. The Labute approximate surface area is 136 Å². The van der Waals surface area contributed by atoms with Crippen molar-refractivity contribution >= 4 is 23.2 Å². The molecular weight excluding hydrogens is 311 g/mol. The molecular formula is C15H22Cl2N2O2. The maximum absolute atomic E-state index is 9.98. The Kier molecular flexibility index (Phi) is 6.58. The molecule has 1 aliphatic heterocycles. The molecule has 1 aromatic rings. The van der Waals surface area contributed by atoms with Gasteiger partial charge < -0.3 is 20.1 Å². The Morgan fingerprint density at radius 3 is 2.81 bits per heavy atom. The van der Waals surface area contributed by atoms with E-state index >= 15 is 0 Å². The van der Waals surface area contributed by atoms with Crippen LogP contribution >= 0.6 is 23.2 Å². The number of aliphatic hydroxyl groups is 1. The number of benzene rings is 1. The van der Waals surface area contributed by atoms with Gasteiger partial charge in [-0.1, -0.05) is 29.3 Å². The Morgan fingerprint density at radius 2 is 2.10 bits per heavy atom. The summed E-state index contributed by atoms with van der Waals surface area (Å²) in [5.41, 5.74) is 0. The fourth-order valence-corrected chi connectivity index (χ4v) is 2.70. The maximum atomic E-state index is 9.98. The zero-order chi connectivity index (χ0) is 15.2. The normalized spacial score (nSPS) is 18.7. The number of rotatable bonds is 6. The van der Waals surface area contributed by atoms with Gasteiger partial charge in [0.15, 0.2) is 0 Å². The highest BCUT2D eigenvalue weighted by Gasteiger charge is 2.17. The van der Waals surface area contributed by atoms with Crippen molar-refractivity contribution < 1.29 is 9.84 Å². The summed E-state index contributed by atoms with van der Waals surface area (Å²) in [5.74, 6) is 0.502. The van der Waals surface area contributed by atoms with Crippen LogP contribution in [0.4, 0.5) is 0 Å². The van der Waals surface area contributed by atoms with E-state index in [0.717, 1.165) is 25.9 Å². The first-order valence-electron chi connectivity index (χ1n) is 7.23. The number of nitrogens with one attached hydrogen (secondary N) is 1. The molecule has 0 bridgehead atoms. The summed E-state index contributed by atoms with van der Waals surface area (Å²) in [5, 5.41) is 14.2. The van der Waals surface area contributed by atoms with Crippen LogP contribution in [0.3, 0.4) is 0 Å². The zero-order valence-electron chi connectivity index (χ0n) is 12.2. The molecule has 0 radical (unpaired) electrons. The second kappa shape index (κ2) is 8.20. The van der Waals surface area contributed by atoms with Crippen molar-refractivity contribution in [3.63, 3.8) is 0 Å². The molecule has 0 saturated carbocycles. The van der Waals surface area contributed by atoms with Crippen molar-refractivity contribution in [3.05, 3.63) is 28.2 Å². The van der Waals surface area contributed by atoms with E-state index in [0.29, 0.717) is 28.4 Å². The van der Waals surface area contributed by atoms with Crippen LogP contribution < -0.4 is 10.1 Å². The van der Waals surface area contributed by atoms with Gasteiger partial charge in [-0.15, -0.1) is 0 Å². The lowest BCUT2D eigenvalue weighted by atomic mass is 10.1. The zero-order valence-corrected chi connectivity index (χ0v) is 13.7. The van der Waals surface area contributed by atoms with E-state index < -0.39 is 6.10 Å². The molecule has 1 atom stereocenters. The highest BCUT2D eigenvalue weighted by Crippen LogP contribution is 2.31. The van der Waals surface area contributed by atoms with Crippen molar-refractivity contribution in [2.75, 3.05) is 33.3 Å². The molecule has 1 saturated heterocycles. The molecule has 0 spiro atoms. The van der Waals surface area contributed by atoms with Crippen molar-refractivity contribution in [1.29, 1.82) is 0 Å². The van der Waals surface area contributed by atoms with Crippen LogP contribution in [0.2, 0.25) is 10.0 Å². The SMILES string of the molecule is CN1CCC(NCC(O)COc2cccc(Cl)c2Cl)CC1. The van der Waals surface area contributed by atoms with Crippen LogP contribution in [0.15, 0.2) is 18.2 Å². The van der Waals surface area contributed by atoms with Crippen LogP contribution in [0.25, 0.3) is 0 Å². The van der Waals surface area contributed by atoms with E-state index in [1.54, 1.807) is 18.2 Å². The van der Waals surface area contributed by atoms with Crippen molar-refractivity contribution in [1.82, 2.24) is 10.2 Å². The standard InChI is InChI=1S/C15H22Cl2N2O2/c1-19-7-5-11(6-8-19)18-9-12(20)10-21-14-4-2-3-13(16)15(14)17/h2-4,11-12,18,20H,5-10H2,1H3. The number of aliphatic hydroxyl groups excluding tert-OH is 1. The third kappa shape index (κ3) is 5.31. The average molecular weight is 333 g/mol. The Morgan fingerprint density at radius 1 is 1.38 bits per heavy atom. The van der Waals surface area contributed by atoms with Gasteiger partial charge in [0.2, 0.25) is 0 Å². The molecule has 118 valence electrons. The smallest absolute Gasteiger partial charge is 0.139 e. The highest BCUT2D eigenvalue weighted by atomic mass is 35.5. The Bertz CT molecular complexity index is 451. The molecule has 1 heterocycles. The molecule has 2 N–H and O–H groups in total. The van der Waals surface area contributed by atoms with Crippen LogP contribution in [0.5, 0.6) is 5.75 Å². The monoisotopic (exact) mass is 332 g/mol. The first-order chi connectivity index (χ1) is 10.1. The predicted octanol–water partition coefficient (Wildman–Crippen LogP) is 2.42. The Hall–Kier alpha value is -0.520. The van der Waals surface area contributed by atoms with Crippen molar-refractivity contribution in [2.24, 2.45) is 0 Å². The number of ether oxygens (including phenoxy) is 1. The van der Waals surface area contributed by atoms with E-state index in [-0.39, 0.29) is 6.61 Å². The lowest BCUT2D eigenvalue weighted by Crippen LogP contribution is -2.44. The van der Waals surface area contributed by atoms with Crippen LogP contribution in [0.1, 0.15) is 12.8 Å². The summed E-state index contributed by atoms with van der Waals surface area (Å²) in [6, 6.07) is 5.69. The second-order valence-corrected chi connectivity index (χ2v) is 6.29. The highest BCUT2D eigenvalue weighted by molar-refractivity contribution is 6.42. The van der Waals surface area contributed by atoms with Crippen molar-refractivity contribution in [2.45, 2.75) is 25.0 Å². The number of hydrogen-bond donors (Lipinski definition) is 2. The molecule has 4 nitrogen and oxygen atoms in total. The molecule has 0 aliphatic carbocycles. The molecule has 0 amide bonds. The second-order valence-electron chi connectivity index (χ2n) is 5.50. The van der Waals surface area contributed by atoms with Gasteiger partial charge in [-0.25, -0.2) is 0 Å². The third-order valence-corrected chi connectivity index (χ3v) is 4.51. The average Bonchev–Trinajstić information content (AvgIpc) is 2.48. The fraction of sp³-hybridized carbons (Fsp3) is 0.600. The minimum absolute atomic E-state index is 0.194. The van der Waals surface area contributed by atoms with E-state index in [4.69, 9.17) is 27.9 Å². The van der Waals surface area contributed by atoms with Gasteiger partial charge >= 0.3 is 0 Å². The topological polar surface area (TPSA) is 44.7 Å².